The SMILES string of the molecule is CCC(C)C(C)NC(=O)CC(CC)(CC)C(=O)O. The Morgan fingerprint density at radius 2 is 1.67 bits per heavy atom. The van der Waals surface area contributed by atoms with Crippen LogP contribution in [0.2, 0.25) is 0 Å². The highest BCUT2D eigenvalue weighted by molar-refractivity contribution is 5.85. The van der Waals surface area contributed by atoms with Crippen molar-refractivity contribution in [3.8, 4) is 0 Å². The lowest BCUT2D eigenvalue weighted by Crippen LogP contribution is -2.42. The van der Waals surface area contributed by atoms with Crippen LogP contribution in [0.3, 0.4) is 0 Å². The second kappa shape index (κ2) is 7.39. The summed E-state index contributed by atoms with van der Waals surface area (Å²) >= 11 is 0. The lowest BCUT2D eigenvalue weighted by atomic mass is 9.79. The number of carbonyl (C=O) groups is 2. The third kappa shape index (κ3) is 4.31. The minimum absolute atomic E-state index is 0.0656. The Labute approximate surface area is 110 Å². The van der Waals surface area contributed by atoms with Gasteiger partial charge in [0.1, 0.15) is 0 Å². The molecular formula is C14H27NO3. The van der Waals surface area contributed by atoms with Crippen LogP contribution in [0.5, 0.6) is 0 Å². The van der Waals surface area contributed by atoms with Gasteiger partial charge in [-0.25, -0.2) is 0 Å². The summed E-state index contributed by atoms with van der Waals surface area (Å²) in [5.74, 6) is -0.635. The average molecular weight is 257 g/mol. The van der Waals surface area contributed by atoms with Crippen molar-refractivity contribution in [3.63, 3.8) is 0 Å². The first kappa shape index (κ1) is 16.9. The molecule has 0 heterocycles. The van der Waals surface area contributed by atoms with E-state index in [2.05, 4.69) is 19.2 Å². The Hall–Kier alpha value is -1.06. The van der Waals surface area contributed by atoms with Gasteiger partial charge in [-0.3, -0.25) is 9.59 Å². The van der Waals surface area contributed by atoms with Gasteiger partial charge in [0.2, 0.25) is 5.91 Å². The van der Waals surface area contributed by atoms with E-state index in [1.807, 2.05) is 20.8 Å². The molecule has 4 heteroatoms. The zero-order valence-electron chi connectivity index (χ0n) is 12.2. The van der Waals surface area contributed by atoms with E-state index in [0.717, 1.165) is 6.42 Å². The molecule has 1 amide bonds. The second-order valence-corrected chi connectivity index (χ2v) is 5.21. The molecule has 2 unspecified atom stereocenters. The lowest BCUT2D eigenvalue weighted by molar-refractivity contribution is -0.152. The van der Waals surface area contributed by atoms with Gasteiger partial charge in [-0.15, -0.1) is 0 Å². The molecule has 0 aliphatic carbocycles. The first-order valence-electron chi connectivity index (χ1n) is 6.85. The molecule has 2 N–H and O–H groups in total. The molecule has 0 aliphatic heterocycles. The quantitative estimate of drug-likeness (QED) is 0.702. The van der Waals surface area contributed by atoms with Crippen molar-refractivity contribution in [1.29, 1.82) is 0 Å². The van der Waals surface area contributed by atoms with Gasteiger partial charge in [-0.1, -0.05) is 34.1 Å². The summed E-state index contributed by atoms with van der Waals surface area (Å²) in [6.45, 7) is 9.76. The van der Waals surface area contributed by atoms with Crippen LogP contribution in [0.15, 0.2) is 0 Å². The van der Waals surface area contributed by atoms with Gasteiger partial charge in [0.15, 0.2) is 0 Å². The number of hydrogen-bond acceptors (Lipinski definition) is 2. The largest absolute Gasteiger partial charge is 0.481 e. The number of carboxylic acids is 1. The van der Waals surface area contributed by atoms with Crippen LogP contribution in [0.1, 0.15) is 60.3 Å². The van der Waals surface area contributed by atoms with Crippen LogP contribution < -0.4 is 5.32 Å². The van der Waals surface area contributed by atoms with E-state index in [9.17, 15) is 14.7 Å². The molecule has 2 atom stereocenters. The number of nitrogens with one attached hydrogen (secondary N) is 1. The van der Waals surface area contributed by atoms with Gasteiger partial charge < -0.3 is 10.4 Å². The first-order valence-corrected chi connectivity index (χ1v) is 6.85. The van der Waals surface area contributed by atoms with Crippen LogP contribution in [0.4, 0.5) is 0 Å². The average Bonchev–Trinajstić information content (AvgIpc) is 2.34. The highest BCUT2D eigenvalue weighted by atomic mass is 16.4. The van der Waals surface area contributed by atoms with Crippen molar-refractivity contribution in [2.75, 3.05) is 0 Å². The molecule has 0 aromatic carbocycles. The number of aliphatic carboxylic acids is 1. The van der Waals surface area contributed by atoms with Crippen molar-refractivity contribution in [3.05, 3.63) is 0 Å². The lowest BCUT2D eigenvalue weighted by Gasteiger charge is -2.27. The fourth-order valence-corrected chi connectivity index (χ4v) is 1.99. The number of carboxylic acid groups (broad SMARTS) is 1. The normalized spacial score (nSPS) is 14.9. The van der Waals surface area contributed by atoms with Gasteiger partial charge >= 0.3 is 5.97 Å². The Balaban J connectivity index is 4.58. The number of amides is 1. The molecule has 4 nitrogen and oxygen atoms in total. The highest BCUT2D eigenvalue weighted by Gasteiger charge is 2.37. The van der Waals surface area contributed by atoms with Crippen LogP contribution in [0, 0.1) is 11.3 Å². The second-order valence-electron chi connectivity index (χ2n) is 5.21. The summed E-state index contributed by atoms with van der Waals surface area (Å²) in [5.41, 5.74) is -0.917. The highest BCUT2D eigenvalue weighted by Crippen LogP contribution is 2.31. The van der Waals surface area contributed by atoms with E-state index >= 15 is 0 Å². The number of hydrogen-bond donors (Lipinski definition) is 2. The molecule has 0 saturated heterocycles. The maximum absolute atomic E-state index is 11.9. The van der Waals surface area contributed by atoms with Gasteiger partial charge in [-0.05, 0) is 25.7 Å². The molecule has 0 aromatic rings. The predicted octanol–water partition coefficient (Wildman–Crippen LogP) is 2.82. The Kier molecular flexibility index (Phi) is 6.96. The summed E-state index contributed by atoms with van der Waals surface area (Å²) in [7, 11) is 0. The molecule has 0 spiro atoms. The van der Waals surface area contributed by atoms with Crippen molar-refractivity contribution in [2.24, 2.45) is 11.3 Å². The van der Waals surface area contributed by atoms with Gasteiger partial charge in [0.25, 0.3) is 0 Å². The number of rotatable bonds is 8. The molecule has 0 fully saturated rings. The molecule has 0 bridgehead atoms. The topological polar surface area (TPSA) is 66.4 Å². The molecular weight excluding hydrogens is 230 g/mol. The molecule has 0 rings (SSSR count). The van der Waals surface area contributed by atoms with E-state index in [1.165, 1.54) is 0 Å². The predicted molar refractivity (Wildman–Crippen MR) is 72.3 cm³/mol. The zero-order chi connectivity index (χ0) is 14.3. The van der Waals surface area contributed by atoms with E-state index in [-0.39, 0.29) is 18.4 Å². The van der Waals surface area contributed by atoms with E-state index in [4.69, 9.17) is 0 Å². The van der Waals surface area contributed by atoms with E-state index in [1.54, 1.807) is 0 Å². The Morgan fingerprint density at radius 3 is 2.00 bits per heavy atom. The summed E-state index contributed by atoms with van der Waals surface area (Å²) in [4.78, 5) is 23.3. The van der Waals surface area contributed by atoms with Gasteiger partial charge in [0.05, 0.1) is 5.41 Å². The fourth-order valence-electron chi connectivity index (χ4n) is 1.99. The van der Waals surface area contributed by atoms with Crippen LogP contribution in [-0.4, -0.2) is 23.0 Å². The maximum Gasteiger partial charge on any atom is 0.310 e. The van der Waals surface area contributed by atoms with Gasteiger partial charge in [-0.2, -0.15) is 0 Å². The molecule has 0 saturated carbocycles. The zero-order valence-corrected chi connectivity index (χ0v) is 12.2. The van der Waals surface area contributed by atoms with Crippen molar-refractivity contribution < 1.29 is 14.7 Å². The van der Waals surface area contributed by atoms with Crippen LogP contribution >= 0.6 is 0 Å². The Bertz CT molecular complexity index is 285. The molecule has 0 aromatic heterocycles. The van der Waals surface area contributed by atoms with Crippen molar-refractivity contribution >= 4 is 11.9 Å². The molecule has 0 radical (unpaired) electrons. The van der Waals surface area contributed by atoms with Crippen LogP contribution in [-0.2, 0) is 9.59 Å². The molecule has 106 valence electrons. The van der Waals surface area contributed by atoms with Crippen molar-refractivity contribution in [1.82, 2.24) is 5.32 Å². The summed E-state index contributed by atoms with van der Waals surface area (Å²) in [6.07, 6.45) is 2.01. The standard InChI is InChI=1S/C14H27NO3/c1-6-10(4)11(5)15-12(16)9-14(7-2,8-3)13(17)18/h10-11H,6-9H2,1-5H3,(H,15,16)(H,17,18). The number of carbonyl (C=O) groups excluding carboxylic acids is 1. The third-order valence-corrected chi connectivity index (χ3v) is 4.19. The monoisotopic (exact) mass is 257 g/mol. The van der Waals surface area contributed by atoms with Crippen molar-refractivity contribution in [2.45, 2.75) is 66.3 Å². The fraction of sp³-hybridized carbons (Fsp3) is 0.857. The molecule has 0 aliphatic rings. The summed E-state index contributed by atoms with van der Waals surface area (Å²) < 4.78 is 0. The van der Waals surface area contributed by atoms with Gasteiger partial charge in [0, 0.05) is 12.5 Å². The minimum Gasteiger partial charge on any atom is -0.481 e. The van der Waals surface area contributed by atoms with Crippen LogP contribution in [0.25, 0.3) is 0 Å². The van der Waals surface area contributed by atoms with E-state index < -0.39 is 11.4 Å². The third-order valence-electron chi connectivity index (χ3n) is 4.19. The summed E-state index contributed by atoms with van der Waals surface area (Å²) in [6, 6.07) is 0.0858. The smallest absolute Gasteiger partial charge is 0.310 e. The summed E-state index contributed by atoms with van der Waals surface area (Å²) in [5, 5.41) is 12.2. The Morgan fingerprint density at radius 1 is 1.17 bits per heavy atom. The first-order chi connectivity index (χ1) is 8.32. The maximum atomic E-state index is 11.9. The minimum atomic E-state index is -0.917. The molecule has 18 heavy (non-hydrogen) atoms. The van der Waals surface area contributed by atoms with E-state index in [0.29, 0.717) is 18.8 Å².